The highest BCUT2D eigenvalue weighted by atomic mass is 16.5. The number of rotatable bonds is 11. The number of para-hydroxylation sites is 1. The minimum Gasteiger partial charge on any atom is -0.457 e. The molecule has 5 heteroatoms. The molecule has 0 radical (unpaired) electrons. The van der Waals surface area contributed by atoms with E-state index < -0.39 is 0 Å². The van der Waals surface area contributed by atoms with E-state index in [0.717, 1.165) is 50.7 Å². The van der Waals surface area contributed by atoms with Crippen molar-refractivity contribution in [1.29, 1.82) is 0 Å². The summed E-state index contributed by atoms with van der Waals surface area (Å²) in [5.41, 5.74) is 16.9. The van der Waals surface area contributed by atoms with Gasteiger partial charge in [0.05, 0.1) is 17.7 Å². The summed E-state index contributed by atoms with van der Waals surface area (Å²) < 4.78 is 9.41. The zero-order valence-electron chi connectivity index (χ0n) is 41.0. The molecule has 1 aliphatic heterocycles. The molecule has 7 aromatic carbocycles. The summed E-state index contributed by atoms with van der Waals surface area (Å²) in [5.74, 6) is 3.51. The van der Waals surface area contributed by atoms with Crippen LogP contribution >= 0.6 is 0 Å². The minimum absolute atomic E-state index is 0.0215. The van der Waals surface area contributed by atoms with Crippen molar-refractivity contribution < 1.29 is 4.74 Å². The minimum atomic E-state index is -0.0215. The van der Waals surface area contributed by atoms with Gasteiger partial charge < -0.3 is 14.5 Å². The zero-order chi connectivity index (χ0) is 47.3. The molecule has 9 aromatic rings. The maximum absolute atomic E-state index is 7.12. The van der Waals surface area contributed by atoms with E-state index in [4.69, 9.17) is 9.72 Å². The maximum Gasteiger partial charge on any atom is 0.137 e. The lowest BCUT2D eigenvalue weighted by molar-refractivity contribution is 0.483. The Morgan fingerprint density at radius 1 is 0.485 bits per heavy atom. The molecule has 0 atom stereocenters. The van der Waals surface area contributed by atoms with Crippen LogP contribution in [-0.4, -0.2) is 16.2 Å². The van der Waals surface area contributed by atoms with E-state index in [-0.39, 0.29) is 5.41 Å². The number of hydrogen-bond acceptors (Lipinski definition) is 4. The second-order valence-corrected chi connectivity index (χ2v) is 20.4. The van der Waals surface area contributed by atoms with Gasteiger partial charge in [-0.05, 0) is 139 Å². The number of ether oxygens (including phenoxy) is 1. The SMILES string of the molecule is CC(C)c1cc(C(C)C)c(-c2cc(Oc3ccc4c5ccccc5n(-c5cc(C(C)(C)C)ccn5)c4c3)cc(N3C=CN(c4cc(-c5ccccc5)cc(-c5ccccc5)c4)C3)c2)c(C(C)C)c1. The number of hydrogen-bond donors (Lipinski definition) is 0. The topological polar surface area (TPSA) is 33.5 Å². The predicted octanol–water partition coefficient (Wildman–Crippen LogP) is 17.4. The molecule has 2 aromatic heterocycles. The fourth-order valence-corrected chi connectivity index (χ4v) is 9.77. The molecule has 0 bridgehead atoms. The maximum atomic E-state index is 7.12. The Kier molecular flexibility index (Phi) is 11.8. The Bertz CT molecular complexity index is 3230. The lowest BCUT2D eigenvalue weighted by atomic mass is 9.81. The summed E-state index contributed by atoms with van der Waals surface area (Å²) in [5, 5.41) is 2.34. The summed E-state index contributed by atoms with van der Waals surface area (Å²) in [4.78, 5) is 9.63. The average Bonchev–Trinajstić information content (AvgIpc) is 3.97. The van der Waals surface area contributed by atoms with Crippen molar-refractivity contribution in [1.82, 2.24) is 9.55 Å². The van der Waals surface area contributed by atoms with Gasteiger partial charge in [-0.3, -0.25) is 4.57 Å². The molecular weight excluding hydrogens is 829 g/mol. The van der Waals surface area contributed by atoms with Crippen LogP contribution in [0.1, 0.15) is 102 Å². The summed E-state index contributed by atoms with van der Waals surface area (Å²) in [6.45, 7) is 21.3. The van der Waals surface area contributed by atoms with E-state index in [2.05, 4.69) is 253 Å². The monoisotopic (exact) mass is 890 g/mol. The number of aromatic nitrogens is 2. The van der Waals surface area contributed by atoms with Gasteiger partial charge in [0.1, 0.15) is 17.3 Å². The van der Waals surface area contributed by atoms with Gasteiger partial charge in [0, 0.05) is 52.9 Å². The molecule has 0 spiro atoms. The lowest BCUT2D eigenvalue weighted by Gasteiger charge is -2.26. The van der Waals surface area contributed by atoms with E-state index in [1.807, 2.05) is 6.20 Å². The second-order valence-electron chi connectivity index (χ2n) is 20.4. The second kappa shape index (κ2) is 18.0. The highest BCUT2D eigenvalue weighted by Crippen LogP contribution is 2.44. The van der Waals surface area contributed by atoms with Crippen LogP contribution < -0.4 is 14.5 Å². The lowest BCUT2D eigenvalue weighted by Crippen LogP contribution is -2.24. The molecule has 340 valence electrons. The van der Waals surface area contributed by atoms with E-state index >= 15 is 0 Å². The number of nitrogens with zero attached hydrogens (tertiary/aromatic N) is 4. The van der Waals surface area contributed by atoms with Crippen LogP contribution in [0.4, 0.5) is 11.4 Å². The molecule has 0 saturated heterocycles. The Morgan fingerprint density at radius 3 is 1.66 bits per heavy atom. The number of benzene rings is 7. The van der Waals surface area contributed by atoms with Gasteiger partial charge in [-0.2, -0.15) is 0 Å². The molecule has 68 heavy (non-hydrogen) atoms. The van der Waals surface area contributed by atoms with Crippen LogP contribution in [0.2, 0.25) is 0 Å². The van der Waals surface area contributed by atoms with Crippen molar-refractivity contribution in [3.05, 3.63) is 205 Å². The molecule has 0 amide bonds. The summed E-state index contributed by atoms with van der Waals surface area (Å²) in [7, 11) is 0. The molecule has 3 heterocycles. The fourth-order valence-electron chi connectivity index (χ4n) is 9.77. The Labute approximate surface area is 403 Å². The number of anilines is 2. The quantitative estimate of drug-likeness (QED) is 0.130. The molecule has 1 aliphatic rings. The Morgan fingerprint density at radius 2 is 1.06 bits per heavy atom. The largest absolute Gasteiger partial charge is 0.457 e. The standard InChI is InChI=1S/C63H62N4O/c1-41(2)46-35-57(42(3)4)62(58(36-46)43(5)6)49-33-52(66-29-28-65(40-66)51-31-47(44-18-12-10-13-19-44)30-48(32-51)45-20-14-11-15-21-45)38-54(34-49)68-53-24-25-56-55-22-16-17-23-59(55)67(60(56)39-53)61-37-50(26-27-64-61)63(7,8)9/h10-39,41-43H,40H2,1-9H3. The first-order valence-electron chi connectivity index (χ1n) is 24.3. The van der Waals surface area contributed by atoms with Crippen molar-refractivity contribution in [2.24, 2.45) is 0 Å². The number of pyridine rings is 1. The fraction of sp³-hybridized carbons (Fsp3) is 0.222. The van der Waals surface area contributed by atoms with Crippen LogP contribution in [0.25, 0.3) is 61.0 Å². The average molecular weight is 891 g/mol. The highest BCUT2D eigenvalue weighted by Gasteiger charge is 2.24. The summed E-state index contributed by atoms with van der Waals surface area (Å²) in [6, 6.07) is 59.5. The summed E-state index contributed by atoms with van der Waals surface area (Å²) in [6.07, 6.45) is 6.35. The molecule has 10 rings (SSSR count). The van der Waals surface area contributed by atoms with Gasteiger partial charge in [-0.1, -0.05) is 153 Å². The summed E-state index contributed by atoms with van der Waals surface area (Å²) >= 11 is 0. The number of fused-ring (bicyclic) bond motifs is 3. The van der Waals surface area contributed by atoms with Gasteiger partial charge in [0.25, 0.3) is 0 Å². The van der Waals surface area contributed by atoms with Crippen LogP contribution in [-0.2, 0) is 5.41 Å². The van der Waals surface area contributed by atoms with E-state index in [0.29, 0.717) is 24.4 Å². The van der Waals surface area contributed by atoms with Gasteiger partial charge >= 0.3 is 0 Å². The van der Waals surface area contributed by atoms with Gasteiger partial charge in [-0.15, -0.1) is 0 Å². The smallest absolute Gasteiger partial charge is 0.137 e. The molecule has 0 aliphatic carbocycles. The van der Waals surface area contributed by atoms with Crippen molar-refractivity contribution >= 4 is 33.2 Å². The van der Waals surface area contributed by atoms with Gasteiger partial charge in [-0.25, -0.2) is 4.98 Å². The van der Waals surface area contributed by atoms with Crippen molar-refractivity contribution in [2.75, 3.05) is 16.5 Å². The van der Waals surface area contributed by atoms with Crippen molar-refractivity contribution in [2.45, 2.75) is 85.5 Å². The zero-order valence-corrected chi connectivity index (χ0v) is 41.0. The third-order valence-electron chi connectivity index (χ3n) is 13.6. The van der Waals surface area contributed by atoms with Crippen LogP contribution in [0.3, 0.4) is 0 Å². The van der Waals surface area contributed by atoms with Gasteiger partial charge in [0.15, 0.2) is 0 Å². The van der Waals surface area contributed by atoms with Gasteiger partial charge in [0.2, 0.25) is 0 Å². The Balaban J connectivity index is 1.09. The molecule has 0 fully saturated rings. The predicted molar refractivity (Wildman–Crippen MR) is 288 cm³/mol. The first-order chi connectivity index (χ1) is 32.8. The molecule has 0 unspecified atom stereocenters. The van der Waals surface area contributed by atoms with Crippen LogP contribution in [0.5, 0.6) is 11.5 Å². The van der Waals surface area contributed by atoms with Crippen LogP contribution in [0, 0.1) is 0 Å². The first-order valence-corrected chi connectivity index (χ1v) is 24.3. The third kappa shape index (κ3) is 8.70. The van der Waals surface area contributed by atoms with E-state index in [9.17, 15) is 0 Å². The van der Waals surface area contributed by atoms with E-state index in [1.54, 1.807) is 0 Å². The molecule has 5 nitrogen and oxygen atoms in total. The van der Waals surface area contributed by atoms with Crippen LogP contribution in [0.15, 0.2) is 182 Å². The molecular formula is C63H62N4O. The normalized spacial score (nSPS) is 13.0. The molecule has 0 N–H and O–H groups in total. The third-order valence-corrected chi connectivity index (χ3v) is 13.6. The molecule has 0 saturated carbocycles. The van der Waals surface area contributed by atoms with Crippen molar-refractivity contribution in [3.63, 3.8) is 0 Å². The first kappa shape index (κ1) is 44.5. The highest BCUT2D eigenvalue weighted by molar-refractivity contribution is 6.09. The van der Waals surface area contributed by atoms with E-state index in [1.165, 1.54) is 55.5 Å². The van der Waals surface area contributed by atoms with Crippen molar-refractivity contribution in [3.8, 4) is 50.7 Å². The Hall–Kier alpha value is -7.37.